The van der Waals surface area contributed by atoms with Gasteiger partial charge in [-0.05, 0) is 17.7 Å². The van der Waals surface area contributed by atoms with Crippen LogP contribution in [0.1, 0.15) is 5.56 Å². The van der Waals surface area contributed by atoms with E-state index in [0.717, 1.165) is 12.1 Å². The largest absolute Gasteiger partial charge is 0.348 e. The molecule has 3 nitrogen and oxygen atoms in total. The Morgan fingerprint density at radius 2 is 2.00 bits per heavy atom. The molecule has 0 atom stereocenters. The zero-order valence-corrected chi connectivity index (χ0v) is 9.26. The standard InChI is InChI=1S/C11H14F2N2O/c1-15(2)11(16)7-14-6-8-3-4-9(12)10(13)5-8/h3-5,14H,6-7H2,1-2H3. The molecule has 1 aromatic rings. The number of nitrogens with one attached hydrogen (secondary N) is 1. The van der Waals surface area contributed by atoms with Gasteiger partial charge in [-0.2, -0.15) is 0 Å². The molecule has 5 heteroatoms. The van der Waals surface area contributed by atoms with Crippen molar-refractivity contribution in [2.75, 3.05) is 20.6 Å². The van der Waals surface area contributed by atoms with Crippen LogP contribution in [-0.2, 0) is 11.3 Å². The van der Waals surface area contributed by atoms with E-state index >= 15 is 0 Å². The van der Waals surface area contributed by atoms with Crippen molar-refractivity contribution in [3.63, 3.8) is 0 Å². The van der Waals surface area contributed by atoms with Crippen LogP contribution in [0.3, 0.4) is 0 Å². The monoisotopic (exact) mass is 228 g/mol. The van der Waals surface area contributed by atoms with Gasteiger partial charge in [-0.3, -0.25) is 4.79 Å². The summed E-state index contributed by atoms with van der Waals surface area (Å²) >= 11 is 0. The van der Waals surface area contributed by atoms with E-state index < -0.39 is 11.6 Å². The summed E-state index contributed by atoms with van der Waals surface area (Å²) in [5.74, 6) is -1.81. The van der Waals surface area contributed by atoms with Gasteiger partial charge in [-0.25, -0.2) is 8.78 Å². The fourth-order valence-electron chi connectivity index (χ4n) is 1.12. The maximum atomic E-state index is 12.8. The number of likely N-dealkylation sites (N-methyl/N-ethyl adjacent to an activating group) is 1. The van der Waals surface area contributed by atoms with Crippen LogP contribution in [0.5, 0.6) is 0 Å². The normalized spacial score (nSPS) is 10.2. The molecule has 0 aromatic heterocycles. The van der Waals surface area contributed by atoms with Gasteiger partial charge in [0, 0.05) is 20.6 Å². The molecule has 0 aliphatic heterocycles. The molecule has 0 bridgehead atoms. The number of benzene rings is 1. The summed E-state index contributed by atoms with van der Waals surface area (Å²) in [5.41, 5.74) is 0.602. The summed E-state index contributed by atoms with van der Waals surface area (Å²) in [4.78, 5) is 12.6. The SMILES string of the molecule is CN(C)C(=O)CNCc1ccc(F)c(F)c1. The summed E-state index contributed by atoms with van der Waals surface area (Å²) in [6.45, 7) is 0.503. The minimum atomic E-state index is -0.877. The first-order valence-electron chi connectivity index (χ1n) is 4.85. The topological polar surface area (TPSA) is 32.3 Å². The third-order valence-electron chi connectivity index (χ3n) is 2.09. The van der Waals surface area contributed by atoms with E-state index in [0.29, 0.717) is 12.1 Å². The second kappa shape index (κ2) is 5.55. The van der Waals surface area contributed by atoms with Crippen molar-refractivity contribution < 1.29 is 13.6 Å². The van der Waals surface area contributed by atoms with Gasteiger partial charge in [-0.1, -0.05) is 6.07 Å². The van der Waals surface area contributed by atoms with Gasteiger partial charge in [0.05, 0.1) is 6.54 Å². The highest BCUT2D eigenvalue weighted by Gasteiger charge is 2.04. The number of amides is 1. The average molecular weight is 228 g/mol. The van der Waals surface area contributed by atoms with Crippen LogP contribution in [0.25, 0.3) is 0 Å². The lowest BCUT2D eigenvalue weighted by atomic mass is 10.2. The van der Waals surface area contributed by atoms with Crippen LogP contribution in [0.2, 0.25) is 0 Å². The molecule has 0 spiro atoms. The summed E-state index contributed by atoms with van der Waals surface area (Å²) < 4.78 is 25.4. The second-order valence-corrected chi connectivity index (χ2v) is 3.64. The Balaban J connectivity index is 2.43. The molecule has 0 fully saturated rings. The van der Waals surface area contributed by atoms with Crippen molar-refractivity contribution in [3.8, 4) is 0 Å². The molecule has 0 aliphatic carbocycles. The lowest BCUT2D eigenvalue weighted by Crippen LogP contribution is -2.32. The third kappa shape index (κ3) is 3.58. The van der Waals surface area contributed by atoms with Crippen LogP contribution in [0.4, 0.5) is 8.78 Å². The van der Waals surface area contributed by atoms with Crippen molar-refractivity contribution in [1.29, 1.82) is 0 Å². The zero-order valence-electron chi connectivity index (χ0n) is 9.26. The molecule has 0 unspecified atom stereocenters. The van der Waals surface area contributed by atoms with Gasteiger partial charge < -0.3 is 10.2 Å². The number of hydrogen-bond donors (Lipinski definition) is 1. The van der Waals surface area contributed by atoms with Crippen molar-refractivity contribution in [2.45, 2.75) is 6.54 Å². The molecule has 16 heavy (non-hydrogen) atoms. The average Bonchev–Trinajstić information content (AvgIpc) is 2.23. The highest BCUT2D eigenvalue weighted by molar-refractivity contribution is 5.77. The van der Waals surface area contributed by atoms with Crippen LogP contribution < -0.4 is 5.32 Å². The molecule has 0 saturated carbocycles. The summed E-state index contributed by atoms with van der Waals surface area (Å²) in [6.07, 6.45) is 0. The quantitative estimate of drug-likeness (QED) is 0.838. The Morgan fingerprint density at radius 3 is 2.56 bits per heavy atom. The van der Waals surface area contributed by atoms with Crippen LogP contribution in [0, 0.1) is 11.6 Å². The summed E-state index contributed by atoms with van der Waals surface area (Å²) in [7, 11) is 3.31. The smallest absolute Gasteiger partial charge is 0.236 e. The first-order valence-corrected chi connectivity index (χ1v) is 4.85. The molecule has 0 heterocycles. The summed E-state index contributed by atoms with van der Waals surface area (Å²) in [6, 6.07) is 3.66. The van der Waals surface area contributed by atoms with Gasteiger partial charge in [0.1, 0.15) is 0 Å². The Labute approximate surface area is 93.1 Å². The van der Waals surface area contributed by atoms with E-state index in [1.54, 1.807) is 14.1 Å². The number of rotatable bonds is 4. The maximum absolute atomic E-state index is 12.8. The van der Waals surface area contributed by atoms with E-state index in [1.807, 2.05) is 0 Å². The van der Waals surface area contributed by atoms with E-state index in [-0.39, 0.29) is 12.5 Å². The number of carbonyl (C=O) groups is 1. The van der Waals surface area contributed by atoms with Gasteiger partial charge in [-0.15, -0.1) is 0 Å². The first-order chi connectivity index (χ1) is 7.50. The molecule has 0 aliphatic rings. The minimum Gasteiger partial charge on any atom is -0.348 e. The van der Waals surface area contributed by atoms with Crippen molar-refractivity contribution in [3.05, 3.63) is 35.4 Å². The second-order valence-electron chi connectivity index (χ2n) is 3.64. The predicted molar refractivity (Wildman–Crippen MR) is 56.8 cm³/mol. The molecular weight excluding hydrogens is 214 g/mol. The fraction of sp³-hybridized carbons (Fsp3) is 0.364. The molecule has 1 N–H and O–H groups in total. The molecule has 1 amide bonds. The minimum absolute atomic E-state index is 0.0671. The van der Waals surface area contributed by atoms with E-state index in [9.17, 15) is 13.6 Å². The Hall–Kier alpha value is -1.49. The number of nitrogens with zero attached hydrogens (tertiary/aromatic N) is 1. The Morgan fingerprint density at radius 1 is 1.31 bits per heavy atom. The van der Waals surface area contributed by atoms with Crippen molar-refractivity contribution in [2.24, 2.45) is 0 Å². The van der Waals surface area contributed by atoms with Crippen LogP contribution >= 0.6 is 0 Å². The van der Waals surface area contributed by atoms with Gasteiger partial charge in [0.15, 0.2) is 11.6 Å². The number of carbonyl (C=O) groups excluding carboxylic acids is 1. The van der Waals surface area contributed by atoms with Crippen LogP contribution in [-0.4, -0.2) is 31.4 Å². The number of halogens is 2. The van der Waals surface area contributed by atoms with Crippen molar-refractivity contribution in [1.82, 2.24) is 10.2 Å². The van der Waals surface area contributed by atoms with E-state index in [2.05, 4.69) is 5.32 Å². The molecule has 1 aromatic carbocycles. The number of hydrogen-bond acceptors (Lipinski definition) is 2. The third-order valence-corrected chi connectivity index (χ3v) is 2.09. The molecule has 1 rings (SSSR count). The van der Waals surface area contributed by atoms with Gasteiger partial charge in [0.25, 0.3) is 0 Å². The first kappa shape index (κ1) is 12.6. The molecule has 88 valence electrons. The fourth-order valence-corrected chi connectivity index (χ4v) is 1.12. The van der Waals surface area contributed by atoms with Crippen molar-refractivity contribution >= 4 is 5.91 Å². The molecule has 0 radical (unpaired) electrons. The Bertz CT molecular complexity index is 380. The maximum Gasteiger partial charge on any atom is 0.236 e. The molecular formula is C11H14F2N2O. The van der Waals surface area contributed by atoms with Gasteiger partial charge in [0.2, 0.25) is 5.91 Å². The zero-order chi connectivity index (χ0) is 12.1. The van der Waals surface area contributed by atoms with E-state index in [4.69, 9.17) is 0 Å². The summed E-state index contributed by atoms with van der Waals surface area (Å²) in [5, 5.41) is 2.85. The highest BCUT2D eigenvalue weighted by Crippen LogP contribution is 2.08. The predicted octanol–water partition coefficient (Wildman–Crippen LogP) is 1.14. The lowest BCUT2D eigenvalue weighted by Gasteiger charge is -2.10. The van der Waals surface area contributed by atoms with E-state index in [1.165, 1.54) is 11.0 Å². The lowest BCUT2D eigenvalue weighted by molar-refractivity contribution is -0.127. The Kier molecular flexibility index (Phi) is 4.37. The van der Waals surface area contributed by atoms with Gasteiger partial charge >= 0.3 is 0 Å². The highest BCUT2D eigenvalue weighted by atomic mass is 19.2. The van der Waals surface area contributed by atoms with Crippen LogP contribution in [0.15, 0.2) is 18.2 Å². The molecule has 0 saturated heterocycles.